The first-order valence-corrected chi connectivity index (χ1v) is 8.27. The van der Waals surface area contributed by atoms with Crippen LogP contribution in [0.15, 0.2) is 17.5 Å². The van der Waals surface area contributed by atoms with Crippen LogP contribution in [0, 0.1) is 5.92 Å². The molecule has 2 aromatic heterocycles. The molecule has 6 nitrogen and oxygen atoms in total. The minimum Gasteiger partial charge on any atom is -0.354 e. The summed E-state index contributed by atoms with van der Waals surface area (Å²) in [7, 11) is 0. The Bertz CT molecular complexity index is 574. The predicted octanol–water partition coefficient (Wildman–Crippen LogP) is 2.10. The van der Waals surface area contributed by atoms with E-state index < -0.39 is 0 Å². The van der Waals surface area contributed by atoms with Gasteiger partial charge in [0, 0.05) is 6.54 Å². The van der Waals surface area contributed by atoms with Gasteiger partial charge in [0.1, 0.15) is 6.54 Å². The maximum atomic E-state index is 11.9. The number of aromatic nitrogens is 4. The topological polar surface area (TPSA) is 72.7 Å². The molecule has 0 aliphatic heterocycles. The Kier molecular flexibility index (Phi) is 4.59. The molecule has 3 rings (SSSR count). The fourth-order valence-corrected chi connectivity index (χ4v) is 3.30. The number of hydrogen-bond acceptors (Lipinski definition) is 5. The third-order valence-corrected chi connectivity index (χ3v) is 4.66. The van der Waals surface area contributed by atoms with Crippen LogP contribution in [-0.4, -0.2) is 32.7 Å². The van der Waals surface area contributed by atoms with Crippen molar-refractivity contribution in [2.75, 3.05) is 6.54 Å². The Hall–Kier alpha value is -1.76. The van der Waals surface area contributed by atoms with E-state index in [4.69, 9.17) is 0 Å². The molecule has 0 saturated heterocycles. The third-order valence-electron chi connectivity index (χ3n) is 3.79. The number of nitrogens with zero attached hydrogens (tertiary/aromatic N) is 4. The quantitative estimate of drug-likeness (QED) is 0.918. The van der Waals surface area contributed by atoms with Gasteiger partial charge in [-0.3, -0.25) is 4.79 Å². The molecule has 0 bridgehead atoms. The van der Waals surface area contributed by atoms with Crippen molar-refractivity contribution in [1.82, 2.24) is 25.5 Å². The van der Waals surface area contributed by atoms with Crippen molar-refractivity contribution in [3.8, 4) is 10.7 Å². The average Bonchev–Trinajstić information content (AvgIpc) is 3.17. The van der Waals surface area contributed by atoms with Crippen molar-refractivity contribution in [2.45, 2.75) is 38.6 Å². The van der Waals surface area contributed by atoms with Gasteiger partial charge in [-0.05, 0) is 35.4 Å². The summed E-state index contributed by atoms with van der Waals surface area (Å²) >= 11 is 1.56. The first kappa shape index (κ1) is 14.2. The molecular formula is C14H19N5OS. The Morgan fingerprint density at radius 1 is 1.38 bits per heavy atom. The zero-order chi connectivity index (χ0) is 14.5. The smallest absolute Gasteiger partial charge is 0.243 e. The molecule has 1 N–H and O–H groups in total. The van der Waals surface area contributed by atoms with Gasteiger partial charge < -0.3 is 5.32 Å². The van der Waals surface area contributed by atoms with Crippen molar-refractivity contribution < 1.29 is 4.79 Å². The molecule has 1 aliphatic rings. The van der Waals surface area contributed by atoms with Gasteiger partial charge in [0.2, 0.25) is 11.7 Å². The lowest BCUT2D eigenvalue weighted by Crippen LogP contribution is -2.33. The average molecular weight is 305 g/mol. The molecule has 2 heterocycles. The van der Waals surface area contributed by atoms with E-state index in [-0.39, 0.29) is 12.5 Å². The molecular weight excluding hydrogens is 286 g/mol. The van der Waals surface area contributed by atoms with E-state index in [1.165, 1.54) is 36.9 Å². The van der Waals surface area contributed by atoms with E-state index in [0.717, 1.165) is 11.4 Å². The number of nitrogens with one attached hydrogen (secondary N) is 1. The molecule has 2 aromatic rings. The number of carbonyl (C=O) groups excluding carboxylic acids is 1. The van der Waals surface area contributed by atoms with Gasteiger partial charge in [0.05, 0.1) is 4.88 Å². The molecule has 0 aromatic carbocycles. The molecule has 112 valence electrons. The van der Waals surface area contributed by atoms with Gasteiger partial charge in [-0.25, -0.2) is 0 Å². The number of hydrogen-bond donors (Lipinski definition) is 1. The highest BCUT2D eigenvalue weighted by molar-refractivity contribution is 7.13. The van der Waals surface area contributed by atoms with E-state index >= 15 is 0 Å². The van der Waals surface area contributed by atoms with Gasteiger partial charge in [-0.1, -0.05) is 25.3 Å². The number of rotatable bonds is 5. The summed E-state index contributed by atoms with van der Waals surface area (Å²) in [5.74, 6) is 1.16. The lowest BCUT2D eigenvalue weighted by Gasteiger charge is -2.21. The van der Waals surface area contributed by atoms with Crippen molar-refractivity contribution in [1.29, 1.82) is 0 Å². The van der Waals surface area contributed by atoms with Crippen LogP contribution >= 0.6 is 11.3 Å². The standard InChI is InChI=1S/C14H19N5OS/c20-13(15-9-11-5-2-1-3-6-11)10-19-17-14(16-18-19)12-7-4-8-21-12/h4,7-8,11H,1-3,5-6,9-10H2,(H,15,20). The second-order valence-corrected chi connectivity index (χ2v) is 6.38. The Morgan fingerprint density at radius 2 is 2.24 bits per heavy atom. The maximum Gasteiger partial charge on any atom is 0.243 e. The van der Waals surface area contributed by atoms with Gasteiger partial charge in [0.15, 0.2) is 0 Å². The van der Waals surface area contributed by atoms with Crippen LogP contribution in [0.3, 0.4) is 0 Å². The number of carbonyl (C=O) groups is 1. The van der Waals surface area contributed by atoms with Gasteiger partial charge in [0.25, 0.3) is 0 Å². The van der Waals surface area contributed by atoms with E-state index in [9.17, 15) is 4.79 Å². The molecule has 1 saturated carbocycles. The number of amides is 1. The van der Waals surface area contributed by atoms with E-state index in [2.05, 4.69) is 20.7 Å². The van der Waals surface area contributed by atoms with Crippen LogP contribution in [0.25, 0.3) is 10.7 Å². The van der Waals surface area contributed by atoms with Crippen LogP contribution in [0.2, 0.25) is 0 Å². The first-order chi connectivity index (χ1) is 10.3. The predicted molar refractivity (Wildman–Crippen MR) is 80.7 cm³/mol. The second kappa shape index (κ2) is 6.80. The normalized spacial score (nSPS) is 16.0. The van der Waals surface area contributed by atoms with Gasteiger partial charge in [-0.15, -0.1) is 21.5 Å². The summed E-state index contributed by atoms with van der Waals surface area (Å²) in [5, 5.41) is 17.1. The van der Waals surface area contributed by atoms with E-state index in [0.29, 0.717) is 11.7 Å². The lowest BCUT2D eigenvalue weighted by molar-refractivity contribution is -0.122. The molecule has 0 spiro atoms. The Labute approximate surface area is 127 Å². The molecule has 1 fully saturated rings. The van der Waals surface area contributed by atoms with Crippen LogP contribution in [0.1, 0.15) is 32.1 Å². The number of thiophene rings is 1. The van der Waals surface area contributed by atoms with Crippen molar-refractivity contribution >= 4 is 17.2 Å². The summed E-state index contributed by atoms with van der Waals surface area (Å²) in [5.41, 5.74) is 0. The largest absolute Gasteiger partial charge is 0.354 e. The van der Waals surface area contributed by atoms with Gasteiger partial charge in [-0.2, -0.15) is 4.80 Å². The molecule has 0 atom stereocenters. The molecule has 1 amide bonds. The monoisotopic (exact) mass is 305 g/mol. The minimum atomic E-state index is -0.0456. The Morgan fingerprint density at radius 3 is 3.00 bits per heavy atom. The van der Waals surface area contributed by atoms with Crippen LogP contribution in [0.4, 0.5) is 0 Å². The molecule has 0 unspecified atom stereocenters. The van der Waals surface area contributed by atoms with E-state index in [1.807, 2.05) is 17.5 Å². The molecule has 7 heteroatoms. The lowest BCUT2D eigenvalue weighted by atomic mass is 9.89. The highest BCUT2D eigenvalue weighted by Gasteiger charge is 2.15. The Balaban J connectivity index is 1.48. The van der Waals surface area contributed by atoms with Crippen LogP contribution in [-0.2, 0) is 11.3 Å². The highest BCUT2D eigenvalue weighted by Crippen LogP contribution is 2.22. The zero-order valence-electron chi connectivity index (χ0n) is 11.9. The van der Waals surface area contributed by atoms with E-state index in [1.54, 1.807) is 11.3 Å². The van der Waals surface area contributed by atoms with Crippen LogP contribution < -0.4 is 5.32 Å². The van der Waals surface area contributed by atoms with Crippen molar-refractivity contribution in [3.05, 3.63) is 17.5 Å². The minimum absolute atomic E-state index is 0.0456. The summed E-state index contributed by atoms with van der Waals surface area (Å²) in [6, 6.07) is 3.88. The van der Waals surface area contributed by atoms with Crippen molar-refractivity contribution in [3.63, 3.8) is 0 Å². The highest BCUT2D eigenvalue weighted by atomic mass is 32.1. The fraction of sp³-hybridized carbons (Fsp3) is 0.571. The fourth-order valence-electron chi connectivity index (χ4n) is 2.65. The summed E-state index contributed by atoms with van der Waals surface area (Å²) in [6.45, 7) is 0.899. The summed E-state index contributed by atoms with van der Waals surface area (Å²) < 4.78 is 0. The third kappa shape index (κ3) is 3.87. The zero-order valence-corrected chi connectivity index (χ0v) is 12.7. The maximum absolute atomic E-state index is 11.9. The second-order valence-electron chi connectivity index (χ2n) is 5.43. The first-order valence-electron chi connectivity index (χ1n) is 7.39. The number of tetrazole rings is 1. The summed E-state index contributed by atoms with van der Waals surface area (Å²) in [6.07, 6.45) is 6.36. The molecule has 21 heavy (non-hydrogen) atoms. The van der Waals surface area contributed by atoms with Crippen molar-refractivity contribution in [2.24, 2.45) is 5.92 Å². The summed E-state index contributed by atoms with van der Waals surface area (Å²) in [4.78, 5) is 14.2. The molecule has 1 aliphatic carbocycles. The molecule has 0 radical (unpaired) electrons. The van der Waals surface area contributed by atoms with Crippen LogP contribution in [0.5, 0.6) is 0 Å². The van der Waals surface area contributed by atoms with Gasteiger partial charge >= 0.3 is 0 Å². The SMILES string of the molecule is O=C(Cn1nnc(-c2cccs2)n1)NCC1CCCCC1.